The monoisotopic (exact) mass is 208 g/mol. The van der Waals surface area contributed by atoms with Crippen molar-refractivity contribution in [3.63, 3.8) is 0 Å². The number of halogens is 1. The predicted molar refractivity (Wildman–Crippen MR) is 57.5 cm³/mol. The van der Waals surface area contributed by atoms with Gasteiger partial charge < -0.3 is 9.80 Å². The van der Waals surface area contributed by atoms with Crippen molar-refractivity contribution in [1.29, 1.82) is 0 Å². The molecule has 1 aromatic carbocycles. The molecule has 0 amide bonds. The lowest BCUT2D eigenvalue weighted by Crippen LogP contribution is -2.28. The Morgan fingerprint density at radius 2 is 2.21 bits per heavy atom. The Balaban J connectivity index is 2.10. The van der Waals surface area contributed by atoms with E-state index in [4.69, 9.17) is 0 Å². The Kier molecular flexibility index (Phi) is 1.59. The van der Waals surface area contributed by atoms with Crippen LogP contribution in [0.3, 0.4) is 0 Å². The zero-order chi connectivity index (χ0) is 9.71. The number of hydrogen-bond acceptors (Lipinski definition) is 2. The van der Waals surface area contributed by atoms with Crippen LogP contribution in [0.4, 0.5) is 10.1 Å². The van der Waals surface area contributed by atoms with E-state index in [0.717, 1.165) is 5.69 Å². The molecule has 0 N–H and O–H groups in total. The highest BCUT2D eigenvalue weighted by atomic mass is 31.1. The van der Waals surface area contributed by atoms with Crippen molar-refractivity contribution in [2.75, 3.05) is 11.9 Å². The van der Waals surface area contributed by atoms with Crippen LogP contribution in [-0.2, 0) is 0 Å². The van der Waals surface area contributed by atoms with E-state index in [1.807, 2.05) is 18.5 Å². The van der Waals surface area contributed by atoms with Crippen molar-refractivity contribution in [3.05, 3.63) is 36.4 Å². The molecule has 0 saturated heterocycles. The van der Waals surface area contributed by atoms with Crippen molar-refractivity contribution in [2.45, 2.75) is 5.91 Å². The first kappa shape index (κ1) is 8.25. The molecule has 2 atom stereocenters. The van der Waals surface area contributed by atoms with E-state index in [2.05, 4.69) is 16.8 Å². The molecule has 1 aromatic rings. The minimum absolute atomic E-state index is 0.155. The molecule has 0 saturated carbocycles. The van der Waals surface area contributed by atoms with E-state index in [9.17, 15) is 4.39 Å². The van der Waals surface area contributed by atoms with Gasteiger partial charge in [-0.3, -0.25) is 0 Å². The molecule has 0 aromatic heterocycles. The number of fused-ring (bicyclic) bond motifs is 3. The second kappa shape index (κ2) is 2.71. The van der Waals surface area contributed by atoms with Gasteiger partial charge in [0.2, 0.25) is 0 Å². The van der Waals surface area contributed by atoms with Crippen LogP contribution in [0.25, 0.3) is 0 Å². The molecule has 0 spiro atoms. The highest BCUT2D eigenvalue weighted by Crippen LogP contribution is 2.41. The lowest BCUT2D eigenvalue weighted by Gasteiger charge is -2.22. The summed E-state index contributed by atoms with van der Waals surface area (Å²) in [5, 5.41) is 1.26. The van der Waals surface area contributed by atoms with Crippen LogP contribution in [0.1, 0.15) is 0 Å². The summed E-state index contributed by atoms with van der Waals surface area (Å²) in [6.07, 6.45) is 4.05. The van der Waals surface area contributed by atoms with Gasteiger partial charge >= 0.3 is 0 Å². The quantitative estimate of drug-likeness (QED) is 0.598. The fourth-order valence-corrected chi connectivity index (χ4v) is 3.36. The first-order valence-corrected chi connectivity index (χ1v) is 5.58. The molecule has 0 bridgehead atoms. The average Bonchev–Trinajstić information content (AvgIpc) is 2.67. The topological polar surface area (TPSA) is 6.48 Å². The van der Waals surface area contributed by atoms with E-state index in [-0.39, 0.29) is 5.82 Å². The molecule has 14 heavy (non-hydrogen) atoms. The summed E-state index contributed by atoms with van der Waals surface area (Å²) >= 11 is 0. The van der Waals surface area contributed by atoms with Gasteiger partial charge in [-0.05, 0) is 26.8 Å². The van der Waals surface area contributed by atoms with Crippen molar-refractivity contribution in [1.82, 2.24) is 4.90 Å². The number of hydrogen-bond donors (Lipinski definition) is 0. The molecule has 2 unspecified atom stereocenters. The molecule has 0 radical (unpaired) electrons. The molecule has 3 rings (SSSR count). The van der Waals surface area contributed by atoms with Crippen LogP contribution >= 0.6 is 8.58 Å². The van der Waals surface area contributed by atoms with E-state index in [0.29, 0.717) is 14.5 Å². The van der Waals surface area contributed by atoms with Crippen LogP contribution < -0.4 is 10.2 Å². The van der Waals surface area contributed by atoms with Crippen LogP contribution in [0.5, 0.6) is 0 Å². The maximum absolute atomic E-state index is 13.1. The van der Waals surface area contributed by atoms with E-state index < -0.39 is 0 Å². The largest absolute Gasteiger partial charge is 0.355 e. The summed E-state index contributed by atoms with van der Waals surface area (Å²) < 4.78 is 13.1. The van der Waals surface area contributed by atoms with Gasteiger partial charge in [-0.15, -0.1) is 0 Å². The fourth-order valence-electron chi connectivity index (χ4n) is 1.90. The minimum atomic E-state index is -0.155. The van der Waals surface area contributed by atoms with Crippen molar-refractivity contribution in [2.24, 2.45) is 0 Å². The first-order chi connectivity index (χ1) is 6.75. The Hall–Kier alpha value is -1.08. The molecule has 0 fully saturated rings. The zero-order valence-corrected chi connectivity index (χ0v) is 8.74. The van der Waals surface area contributed by atoms with Crippen molar-refractivity contribution >= 4 is 19.6 Å². The zero-order valence-electron chi connectivity index (χ0n) is 7.74. The summed E-state index contributed by atoms with van der Waals surface area (Å²) in [7, 11) is 2.77. The Bertz CT molecular complexity index is 419. The molecule has 0 aliphatic carbocycles. The van der Waals surface area contributed by atoms with Crippen LogP contribution in [0.15, 0.2) is 30.6 Å². The molecule has 4 heteroatoms. The fraction of sp³-hybridized carbons (Fsp3) is 0.200. The van der Waals surface area contributed by atoms with Gasteiger partial charge in [-0.25, -0.2) is 4.39 Å². The molecule has 72 valence electrons. The van der Waals surface area contributed by atoms with Gasteiger partial charge in [0.25, 0.3) is 0 Å². The second-order valence-corrected chi connectivity index (χ2v) is 4.89. The average molecular weight is 208 g/mol. The summed E-state index contributed by atoms with van der Waals surface area (Å²) in [4.78, 5) is 4.30. The lowest BCUT2D eigenvalue weighted by molar-refractivity contribution is 0.461. The number of benzene rings is 1. The van der Waals surface area contributed by atoms with Gasteiger partial charge in [-0.1, -0.05) is 0 Å². The smallest absolute Gasteiger partial charge is 0.126 e. The minimum Gasteiger partial charge on any atom is -0.355 e. The second-order valence-electron chi connectivity index (χ2n) is 3.55. The molecular formula is C10H10FN2P. The van der Waals surface area contributed by atoms with Crippen LogP contribution in [0.2, 0.25) is 0 Å². The number of anilines is 1. The third kappa shape index (κ3) is 0.992. The Labute approximate surface area is 83.8 Å². The first-order valence-electron chi connectivity index (χ1n) is 4.50. The van der Waals surface area contributed by atoms with E-state index in [1.165, 1.54) is 11.4 Å². The molecule has 2 aliphatic heterocycles. The standard InChI is InChI=1S/C10H10FN2P/c1-12-4-5-13-8-6-7(11)2-3-9(8)14-10(12)13/h2-6,10,14H,1H3. The molecule has 2 heterocycles. The van der Waals surface area contributed by atoms with Crippen LogP contribution in [-0.4, -0.2) is 17.9 Å². The van der Waals surface area contributed by atoms with Gasteiger partial charge in [0, 0.05) is 24.8 Å². The van der Waals surface area contributed by atoms with Gasteiger partial charge in [0.1, 0.15) is 11.7 Å². The summed E-state index contributed by atoms with van der Waals surface area (Å²) in [5.74, 6) is 0.226. The van der Waals surface area contributed by atoms with Gasteiger partial charge in [0.15, 0.2) is 0 Å². The summed E-state index contributed by atoms with van der Waals surface area (Å²) in [5.41, 5.74) is 1.02. The normalized spacial score (nSPS) is 24.6. The Morgan fingerprint density at radius 3 is 3.07 bits per heavy atom. The SMILES string of the molecule is CN1C=CN2c3cc(F)ccc3PC12. The lowest BCUT2D eigenvalue weighted by atomic mass is 10.3. The van der Waals surface area contributed by atoms with E-state index >= 15 is 0 Å². The maximum Gasteiger partial charge on any atom is 0.126 e. The highest BCUT2D eigenvalue weighted by molar-refractivity contribution is 7.49. The van der Waals surface area contributed by atoms with Crippen molar-refractivity contribution < 1.29 is 4.39 Å². The maximum atomic E-state index is 13.1. The molecule has 2 nitrogen and oxygen atoms in total. The summed E-state index contributed by atoms with van der Waals surface area (Å²) in [6, 6.07) is 5.05. The van der Waals surface area contributed by atoms with Crippen molar-refractivity contribution in [3.8, 4) is 0 Å². The highest BCUT2D eigenvalue weighted by Gasteiger charge is 2.33. The summed E-state index contributed by atoms with van der Waals surface area (Å²) in [6.45, 7) is 0. The molecular weight excluding hydrogens is 198 g/mol. The third-order valence-electron chi connectivity index (χ3n) is 2.63. The number of rotatable bonds is 0. The van der Waals surface area contributed by atoms with Crippen LogP contribution in [0, 0.1) is 5.82 Å². The Morgan fingerprint density at radius 1 is 1.36 bits per heavy atom. The molecule has 2 aliphatic rings. The predicted octanol–water partition coefficient (Wildman–Crippen LogP) is 1.65. The van der Waals surface area contributed by atoms with Gasteiger partial charge in [-0.2, -0.15) is 0 Å². The number of nitrogens with zero attached hydrogens (tertiary/aromatic N) is 2. The van der Waals surface area contributed by atoms with E-state index in [1.54, 1.807) is 6.07 Å². The third-order valence-corrected chi connectivity index (χ3v) is 4.31. The van der Waals surface area contributed by atoms with Gasteiger partial charge in [0.05, 0.1) is 5.69 Å².